The fraction of sp³-hybridized carbons (Fsp3) is 0.883. The third kappa shape index (κ3) is 62.7. The van der Waals surface area contributed by atoms with Crippen molar-refractivity contribution in [2.45, 2.75) is 359 Å². The number of carbonyl (C=O) groups excluding carboxylic acids is 4. The highest BCUT2D eigenvalue weighted by Crippen LogP contribution is 2.37. The molecule has 2 rings (SSSR count). The highest BCUT2D eigenvalue weighted by atomic mass is 32.2. The summed E-state index contributed by atoms with van der Waals surface area (Å²) in [5.74, 6) is 3.05. The average Bonchev–Trinajstić information content (AvgIpc) is 1.66. The zero-order valence-electron chi connectivity index (χ0n) is 62.7. The van der Waals surface area contributed by atoms with Crippen molar-refractivity contribution in [3.05, 3.63) is 23.6 Å². The molecule has 16 nitrogen and oxygen atoms in total. The molecule has 1 aliphatic carbocycles. The normalized spacial score (nSPS) is 14.8. The van der Waals surface area contributed by atoms with Gasteiger partial charge in [0.05, 0.1) is 12.2 Å². The standard InChI is InChI=1S/C23H45O7P.C19H31NO3.C17H33N3.C17H36O2S.CH4/c1-4-6-8-10-12-14-16-18-23(25)30-21(20-29-31(3,26)27)19-28-22(24)17-15-13-11-9-7-5-2;1-4-5-6-7-8-9-10-11-12-13-14-20(3)16-17(21)15(2)18(22)19(16)23;1-14(2)7-5-8-15(3)9-6-10-16(4)11-12-17-18-13-19-20-17;1-16(2)12-9-7-5-6-8-10-13-17(3)14-11-15-20(4,18)19;/h21H,4-20H2,1-3H3,(H,26,27);21H,2,4-14H2,1,3H3;14-16H,5-13H2,1-4H3;16-17H,5-15H2,1-4H3;1H4. The number of esters is 2. The van der Waals surface area contributed by atoms with Crippen LogP contribution in [-0.2, 0) is 47.6 Å². The Bertz CT molecular complexity index is 2200. The molecular formula is C77H149N4O12PS. The second kappa shape index (κ2) is 62.9. The Hall–Kier alpha value is -3.27. The lowest BCUT2D eigenvalue weighted by Crippen LogP contribution is -2.29. The lowest BCUT2D eigenvalue weighted by molar-refractivity contribution is -0.161. The van der Waals surface area contributed by atoms with Gasteiger partial charge in [0.1, 0.15) is 28.0 Å². The minimum atomic E-state index is -3.71. The zero-order valence-corrected chi connectivity index (χ0v) is 64.4. The summed E-state index contributed by atoms with van der Waals surface area (Å²) < 4.78 is 48.9. The molecule has 18 heteroatoms. The lowest BCUT2D eigenvalue weighted by atomic mass is 9.92. The van der Waals surface area contributed by atoms with Crippen molar-refractivity contribution >= 4 is 46.8 Å². The highest BCUT2D eigenvalue weighted by molar-refractivity contribution is 7.90. The number of hydrogen-bond acceptors (Lipinski definition) is 15. The Balaban J connectivity index is -0.00000120. The van der Waals surface area contributed by atoms with E-state index >= 15 is 0 Å². The minimum absolute atomic E-state index is 0. The smallest absolute Gasteiger partial charge is 0.325 e. The second-order valence-corrected chi connectivity index (χ2v) is 32.8. The van der Waals surface area contributed by atoms with Crippen LogP contribution in [0, 0.1) is 29.6 Å². The van der Waals surface area contributed by atoms with Gasteiger partial charge in [-0.1, -0.05) is 302 Å². The van der Waals surface area contributed by atoms with E-state index in [4.69, 9.17) is 14.0 Å². The van der Waals surface area contributed by atoms with E-state index in [0.29, 0.717) is 31.3 Å². The topological polar surface area (TPSA) is 228 Å². The summed E-state index contributed by atoms with van der Waals surface area (Å²) >= 11 is 0. The van der Waals surface area contributed by atoms with Gasteiger partial charge in [-0.2, -0.15) is 5.11 Å². The zero-order chi connectivity index (χ0) is 70.8. The number of amidine groups is 1. The molecule has 0 radical (unpaired) electrons. The van der Waals surface area contributed by atoms with Gasteiger partial charge in [-0.25, -0.2) is 13.4 Å². The van der Waals surface area contributed by atoms with Gasteiger partial charge in [0.2, 0.25) is 5.78 Å². The molecule has 0 fully saturated rings. The number of likely N-dealkylation sites (N-methyl/N-ethyl adjacent to an activating group) is 1. The van der Waals surface area contributed by atoms with E-state index in [9.17, 15) is 42.2 Å². The van der Waals surface area contributed by atoms with E-state index in [1.807, 2.05) is 0 Å². The number of ketones is 2. The van der Waals surface area contributed by atoms with E-state index in [0.717, 1.165) is 107 Å². The van der Waals surface area contributed by atoms with Crippen molar-refractivity contribution in [3.63, 3.8) is 0 Å². The Morgan fingerprint density at radius 2 is 0.968 bits per heavy atom. The number of Topliss-reactive ketones (excluding diaryl/α,β-unsaturated/α-hetero) is 2. The van der Waals surface area contributed by atoms with Crippen molar-refractivity contribution < 1.29 is 56.2 Å². The number of aliphatic hydroxyl groups excluding tert-OH is 1. The Morgan fingerprint density at radius 1 is 0.568 bits per heavy atom. The Kier molecular flexibility index (Phi) is 63.5. The molecule has 2 N–H and O–H groups in total. The first-order valence-corrected chi connectivity index (χ1v) is 42.1. The molecule has 0 aromatic rings. The molecule has 0 aromatic carbocycles. The summed E-state index contributed by atoms with van der Waals surface area (Å²) in [7, 11) is -4.74. The van der Waals surface area contributed by atoms with Crippen LogP contribution in [0.15, 0.2) is 38.8 Å². The van der Waals surface area contributed by atoms with Crippen molar-refractivity contribution in [3.8, 4) is 0 Å². The van der Waals surface area contributed by atoms with E-state index in [1.165, 1.54) is 199 Å². The molecule has 5 atom stereocenters. The first kappa shape index (κ1) is 95.9. The van der Waals surface area contributed by atoms with Crippen LogP contribution in [0.2, 0.25) is 0 Å². The monoisotopic (exact) mass is 1390 g/mol. The van der Waals surface area contributed by atoms with Crippen LogP contribution in [0.5, 0.6) is 0 Å². The number of sulfone groups is 1. The lowest BCUT2D eigenvalue weighted by Gasteiger charge is -2.19. The predicted molar refractivity (Wildman–Crippen MR) is 400 cm³/mol. The fourth-order valence-corrected chi connectivity index (χ4v) is 12.5. The molecule has 0 bridgehead atoms. The number of ether oxygens (including phenoxy) is 2. The van der Waals surface area contributed by atoms with E-state index in [1.54, 1.807) is 11.9 Å². The summed E-state index contributed by atoms with van der Waals surface area (Å²) in [6.07, 6.45) is 50.9. The summed E-state index contributed by atoms with van der Waals surface area (Å²) in [5, 5.41) is 17.8. The maximum absolute atomic E-state index is 12.1. The number of unbranched alkanes of at least 4 members (excludes halogenated alkanes) is 25. The SMILES string of the molecule is C.C=C1C(=O)C(=O)C(N(C)CCCCCCCCCCCC)=C1O.CC(C)CCCC(C)CCCC(C)CCC1=NCN=N1.CC(C)CCCCCCCCC(C)CCCS(C)(=O)=O.CCCCCCCCCC(=O)OC(COC(=O)CCCCCCCC)COP(C)(=O)O. The summed E-state index contributed by atoms with van der Waals surface area (Å²) in [5.41, 5.74) is 0.0239. The van der Waals surface area contributed by atoms with Gasteiger partial charge in [0.25, 0.3) is 5.78 Å². The molecule has 0 saturated heterocycles. The van der Waals surface area contributed by atoms with E-state index in [2.05, 4.69) is 91.0 Å². The Labute approximate surface area is 584 Å². The molecule has 1 aliphatic heterocycles. The van der Waals surface area contributed by atoms with Crippen LogP contribution in [0.4, 0.5) is 0 Å². The minimum Gasteiger partial charge on any atom is -0.505 e. The number of azo groups is 1. The van der Waals surface area contributed by atoms with Crippen LogP contribution in [0.25, 0.3) is 0 Å². The first-order chi connectivity index (χ1) is 44.7. The Morgan fingerprint density at radius 3 is 1.40 bits per heavy atom. The predicted octanol–water partition coefficient (Wildman–Crippen LogP) is 22.2. The molecule has 0 aromatic heterocycles. The largest absolute Gasteiger partial charge is 0.505 e. The van der Waals surface area contributed by atoms with Gasteiger partial charge in [-0.05, 0) is 68.1 Å². The van der Waals surface area contributed by atoms with Crippen molar-refractivity contribution in [2.75, 3.05) is 52.1 Å². The number of rotatable bonds is 57. The number of allylic oxidation sites excluding steroid dienone is 2. The highest BCUT2D eigenvalue weighted by Gasteiger charge is 2.37. The van der Waals surface area contributed by atoms with Gasteiger partial charge in [0.15, 0.2) is 18.5 Å². The molecule has 0 amide bonds. The van der Waals surface area contributed by atoms with Crippen molar-refractivity contribution in [2.24, 2.45) is 44.8 Å². The average molecular weight is 1390 g/mol. The second-order valence-electron chi connectivity index (χ2n) is 28.7. The van der Waals surface area contributed by atoms with Crippen molar-refractivity contribution in [1.82, 2.24) is 4.90 Å². The summed E-state index contributed by atoms with van der Waals surface area (Å²) in [6.45, 7) is 28.1. The van der Waals surface area contributed by atoms with Gasteiger partial charge in [-0.3, -0.25) is 23.7 Å². The number of carbonyl (C=O) groups is 4. The number of nitrogens with zero attached hydrogens (tertiary/aromatic N) is 4. The number of aliphatic imine (C=N–C) groups is 1. The maximum Gasteiger partial charge on any atom is 0.325 e. The van der Waals surface area contributed by atoms with Crippen LogP contribution in [-0.4, -0.2) is 111 Å². The summed E-state index contributed by atoms with van der Waals surface area (Å²) in [4.78, 5) is 62.6. The number of hydrogen-bond donors (Lipinski definition) is 2. The summed E-state index contributed by atoms with van der Waals surface area (Å²) in [6, 6.07) is 0. The molecule has 1 heterocycles. The maximum atomic E-state index is 12.1. The van der Waals surface area contributed by atoms with Crippen LogP contribution >= 0.6 is 7.60 Å². The van der Waals surface area contributed by atoms with Gasteiger partial charge in [0, 0.05) is 51.5 Å². The molecule has 5 unspecified atom stereocenters. The molecule has 0 spiro atoms. The molecule has 2 aliphatic rings. The van der Waals surface area contributed by atoms with E-state index in [-0.39, 0.29) is 50.1 Å². The van der Waals surface area contributed by atoms with Gasteiger partial charge >= 0.3 is 19.5 Å². The molecular weight excluding hydrogens is 1240 g/mol. The fourth-order valence-electron chi connectivity index (χ4n) is 11.4. The molecule has 0 saturated carbocycles. The quantitative estimate of drug-likeness (QED) is 0.0190. The molecule has 95 heavy (non-hydrogen) atoms. The van der Waals surface area contributed by atoms with Gasteiger partial charge < -0.3 is 28.9 Å². The van der Waals surface area contributed by atoms with Crippen LogP contribution < -0.4 is 0 Å². The third-order valence-corrected chi connectivity index (χ3v) is 19.2. The molecule has 560 valence electrons. The van der Waals surface area contributed by atoms with Crippen molar-refractivity contribution in [1.29, 1.82) is 0 Å². The first-order valence-electron chi connectivity index (χ1n) is 38.0. The third-order valence-electron chi connectivity index (χ3n) is 17.6. The van der Waals surface area contributed by atoms with Crippen LogP contribution in [0.3, 0.4) is 0 Å². The number of aliphatic hydroxyl groups is 1. The van der Waals surface area contributed by atoms with E-state index < -0.39 is 41.1 Å². The van der Waals surface area contributed by atoms with Gasteiger partial charge in [-0.15, -0.1) is 5.11 Å². The van der Waals surface area contributed by atoms with Crippen LogP contribution in [0.1, 0.15) is 353 Å².